The van der Waals surface area contributed by atoms with Crippen LogP contribution in [0.4, 0.5) is 5.69 Å². The summed E-state index contributed by atoms with van der Waals surface area (Å²) in [6, 6.07) is 11.6. The van der Waals surface area contributed by atoms with E-state index in [1.165, 1.54) is 30.5 Å². The molecular formula is C19H20BrN3O4. The minimum Gasteiger partial charge on any atom is -0.483 e. The standard InChI is InChI=1S/C19H20BrN3O4/c1-19(2,3)14-6-9-17(16(20)10-14)27-12-18(24)22-21-11-13-4-7-15(8-5-13)23(25)26/h4-11H,12H2,1-3H3,(H,22,24). The van der Waals surface area contributed by atoms with Crippen molar-refractivity contribution >= 4 is 33.7 Å². The molecule has 142 valence electrons. The second-order valence-electron chi connectivity index (χ2n) is 6.83. The predicted octanol–water partition coefficient (Wildman–Crippen LogP) is 4.18. The third-order valence-electron chi connectivity index (χ3n) is 3.66. The van der Waals surface area contributed by atoms with Crippen molar-refractivity contribution in [3.05, 3.63) is 68.2 Å². The Morgan fingerprint density at radius 3 is 2.48 bits per heavy atom. The van der Waals surface area contributed by atoms with Crippen LogP contribution in [-0.2, 0) is 10.2 Å². The molecule has 2 aromatic rings. The molecule has 0 saturated heterocycles. The third kappa shape index (κ3) is 6.18. The van der Waals surface area contributed by atoms with Crippen LogP contribution < -0.4 is 10.2 Å². The van der Waals surface area contributed by atoms with E-state index in [0.717, 1.165) is 10.0 Å². The third-order valence-corrected chi connectivity index (χ3v) is 4.28. The maximum atomic E-state index is 11.8. The molecule has 0 heterocycles. The topological polar surface area (TPSA) is 93.8 Å². The number of halogens is 1. The van der Waals surface area contributed by atoms with E-state index in [1.54, 1.807) is 0 Å². The largest absolute Gasteiger partial charge is 0.483 e. The van der Waals surface area contributed by atoms with Gasteiger partial charge in [-0.1, -0.05) is 26.8 Å². The molecule has 2 rings (SSSR count). The molecule has 1 amide bonds. The number of hydrogen-bond donors (Lipinski definition) is 1. The monoisotopic (exact) mass is 433 g/mol. The lowest BCUT2D eigenvalue weighted by atomic mass is 9.87. The molecule has 1 N–H and O–H groups in total. The average Bonchev–Trinajstić information content (AvgIpc) is 2.60. The molecule has 0 unspecified atom stereocenters. The molecule has 27 heavy (non-hydrogen) atoms. The first kappa shape index (κ1) is 20.6. The van der Waals surface area contributed by atoms with Gasteiger partial charge >= 0.3 is 0 Å². The van der Waals surface area contributed by atoms with Crippen LogP contribution >= 0.6 is 15.9 Å². The van der Waals surface area contributed by atoms with E-state index in [1.807, 2.05) is 18.2 Å². The number of hydrogen-bond acceptors (Lipinski definition) is 5. The zero-order valence-electron chi connectivity index (χ0n) is 15.2. The van der Waals surface area contributed by atoms with E-state index in [-0.39, 0.29) is 17.7 Å². The van der Waals surface area contributed by atoms with Gasteiger partial charge in [0.15, 0.2) is 6.61 Å². The normalized spacial score (nSPS) is 11.4. The van der Waals surface area contributed by atoms with Gasteiger partial charge in [-0.05, 0) is 56.7 Å². The van der Waals surface area contributed by atoms with E-state index in [2.05, 4.69) is 47.2 Å². The Kier molecular flexibility index (Phi) is 6.68. The molecular weight excluding hydrogens is 414 g/mol. The summed E-state index contributed by atoms with van der Waals surface area (Å²) in [5.41, 5.74) is 4.14. The summed E-state index contributed by atoms with van der Waals surface area (Å²) in [5, 5.41) is 14.4. The van der Waals surface area contributed by atoms with Crippen LogP contribution in [0.15, 0.2) is 52.0 Å². The molecule has 0 atom stereocenters. The minimum atomic E-state index is -0.480. The number of nitrogens with one attached hydrogen (secondary N) is 1. The molecule has 0 aromatic heterocycles. The van der Waals surface area contributed by atoms with E-state index < -0.39 is 10.8 Å². The Bertz CT molecular complexity index is 858. The summed E-state index contributed by atoms with van der Waals surface area (Å²) in [6.45, 7) is 6.16. The van der Waals surface area contributed by atoms with Crippen molar-refractivity contribution in [2.75, 3.05) is 6.61 Å². The van der Waals surface area contributed by atoms with E-state index in [4.69, 9.17) is 4.74 Å². The number of carbonyl (C=O) groups is 1. The summed E-state index contributed by atoms with van der Waals surface area (Å²) < 4.78 is 6.28. The molecule has 0 spiro atoms. The summed E-state index contributed by atoms with van der Waals surface area (Å²) in [5.74, 6) is 0.150. The SMILES string of the molecule is CC(C)(C)c1ccc(OCC(=O)NN=Cc2ccc([N+](=O)[O-])cc2)c(Br)c1. The fourth-order valence-corrected chi connectivity index (χ4v) is 2.61. The summed E-state index contributed by atoms with van der Waals surface area (Å²) >= 11 is 3.45. The van der Waals surface area contributed by atoms with Gasteiger partial charge in [0.2, 0.25) is 0 Å². The van der Waals surface area contributed by atoms with Crippen molar-refractivity contribution in [2.45, 2.75) is 26.2 Å². The van der Waals surface area contributed by atoms with Gasteiger partial charge in [-0.25, -0.2) is 5.43 Å². The highest BCUT2D eigenvalue weighted by molar-refractivity contribution is 9.10. The smallest absolute Gasteiger partial charge is 0.277 e. The van der Waals surface area contributed by atoms with Gasteiger partial charge < -0.3 is 4.74 Å². The number of rotatable bonds is 6. The molecule has 0 aliphatic heterocycles. The van der Waals surface area contributed by atoms with Gasteiger partial charge in [-0.3, -0.25) is 14.9 Å². The van der Waals surface area contributed by atoms with Crippen LogP contribution in [0.2, 0.25) is 0 Å². The van der Waals surface area contributed by atoms with Crippen LogP contribution in [0, 0.1) is 10.1 Å². The number of amides is 1. The lowest BCUT2D eigenvalue weighted by Gasteiger charge is -2.20. The average molecular weight is 434 g/mol. The summed E-state index contributed by atoms with van der Waals surface area (Å²) in [6.07, 6.45) is 1.40. The minimum absolute atomic E-state index is 0.00681. The highest BCUT2D eigenvalue weighted by Gasteiger charge is 2.15. The van der Waals surface area contributed by atoms with E-state index in [9.17, 15) is 14.9 Å². The Morgan fingerprint density at radius 2 is 1.93 bits per heavy atom. The summed E-state index contributed by atoms with van der Waals surface area (Å²) in [4.78, 5) is 21.9. The van der Waals surface area contributed by atoms with Gasteiger partial charge in [0.25, 0.3) is 11.6 Å². The summed E-state index contributed by atoms with van der Waals surface area (Å²) in [7, 11) is 0. The van der Waals surface area contributed by atoms with Crippen LogP contribution in [0.5, 0.6) is 5.75 Å². The fraction of sp³-hybridized carbons (Fsp3) is 0.263. The van der Waals surface area contributed by atoms with Gasteiger partial charge in [0, 0.05) is 12.1 Å². The molecule has 2 aromatic carbocycles. The Morgan fingerprint density at radius 1 is 1.26 bits per heavy atom. The number of nitro benzene ring substituents is 1. The Balaban J connectivity index is 1.86. The highest BCUT2D eigenvalue weighted by atomic mass is 79.9. The number of benzene rings is 2. The first-order valence-electron chi connectivity index (χ1n) is 8.16. The molecule has 0 fully saturated rings. The predicted molar refractivity (Wildman–Crippen MR) is 107 cm³/mol. The van der Waals surface area contributed by atoms with Gasteiger partial charge in [-0.15, -0.1) is 0 Å². The van der Waals surface area contributed by atoms with Crippen molar-refractivity contribution in [2.24, 2.45) is 5.10 Å². The van der Waals surface area contributed by atoms with E-state index >= 15 is 0 Å². The zero-order valence-corrected chi connectivity index (χ0v) is 16.8. The van der Waals surface area contributed by atoms with Crippen molar-refractivity contribution in [1.82, 2.24) is 5.43 Å². The molecule has 0 aliphatic carbocycles. The number of non-ortho nitro benzene ring substituents is 1. The quantitative estimate of drug-likeness (QED) is 0.419. The lowest BCUT2D eigenvalue weighted by Crippen LogP contribution is -2.24. The molecule has 0 bridgehead atoms. The molecule has 0 aliphatic rings. The van der Waals surface area contributed by atoms with Crippen LogP contribution in [0.25, 0.3) is 0 Å². The van der Waals surface area contributed by atoms with Crippen LogP contribution in [0.1, 0.15) is 31.9 Å². The number of nitro groups is 1. The number of nitrogens with zero attached hydrogens (tertiary/aromatic N) is 2. The molecule has 7 nitrogen and oxygen atoms in total. The Labute approximate surface area is 165 Å². The van der Waals surface area contributed by atoms with E-state index in [0.29, 0.717) is 11.3 Å². The second kappa shape index (κ2) is 8.77. The maximum Gasteiger partial charge on any atom is 0.277 e. The van der Waals surface area contributed by atoms with Crippen molar-refractivity contribution in [3.63, 3.8) is 0 Å². The second-order valence-corrected chi connectivity index (χ2v) is 7.68. The van der Waals surface area contributed by atoms with Gasteiger partial charge in [0.1, 0.15) is 5.75 Å². The first-order valence-corrected chi connectivity index (χ1v) is 8.95. The van der Waals surface area contributed by atoms with Crippen molar-refractivity contribution in [3.8, 4) is 5.75 Å². The molecule has 0 radical (unpaired) electrons. The highest BCUT2D eigenvalue weighted by Crippen LogP contribution is 2.31. The number of hydrazone groups is 1. The molecule has 0 saturated carbocycles. The number of ether oxygens (including phenoxy) is 1. The van der Waals surface area contributed by atoms with Gasteiger partial charge in [-0.2, -0.15) is 5.10 Å². The van der Waals surface area contributed by atoms with Crippen LogP contribution in [-0.4, -0.2) is 23.7 Å². The maximum absolute atomic E-state index is 11.8. The van der Waals surface area contributed by atoms with Crippen LogP contribution in [0.3, 0.4) is 0 Å². The van der Waals surface area contributed by atoms with Gasteiger partial charge in [0.05, 0.1) is 15.6 Å². The van der Waals surface area contributed by atoms with Crippen molar-refractivity contribution < 1.29 is 14.5 Å². The first-order chi connectivity index (χ1) is 12.7. The fourth-order valence-electron chi connectivity index (χ4n) is 2.12. The Hall–Kier alpha value is -2.74. The number of carbonyl (C=O) groups excluding carboxylic acids is 1. The lowest BCUT2D eigenvalue weighted by molar-refractivity contribution is -0.384. The van der Waals surface area contributed by atoms with Crippen molar-refractivity contribution in [1.29, 1.82) is 0 Å². The molecule has 8 heteroatoms. The zero-order chi connectivity index (χ0) is 20.0.